The summed E-state index contributed by atoms with van der Waals surface area (Å²) in [4.78, 5) is 20.4. The molecule has 0 aromatic heterocycles. The van der Waals surface area contributed by atoms with Crippen molar-refractivity contribution < 1.29 is 9.59 Å². The minimum absolute atomic E-state index is 0.262. The molecule has 0 bridgehead atoms. The first kappa shape index (κ1) is 6.81. The number of carbonyl (C=O) groups is 2. The molecule has 50 valence electrons. The average molecular weight is 146 g/mol. The highest BCUT2D eigenvalue weighted by Gasteiger charge is 2.20. The van der Waals surface area contributed by atoms with Gasteiger partial charge in [-0.05, 0) is 8.73 Å². The van der Waals surface area contributed by atoms with E-state index in [1.54, 1.807) is 0 Å². The van der Waals surface area contributed by atoms with Gasteiger partial charge in [0.1, 0.15) is 5.78 Å². The number of hydrogen-bond acceptors (Lipinski definition) is 4. The molecule has 1 fully saturated rings. The summed E-state index contributed by atoms with van der Waals surface area (Å²) >= 11 is 0. The standard InChI is InChI=1S/C4H7N2O2P/c7-1-3(8)4-5-2-6-9-4/h1,4-6,9H,2H2. The van der Waals surface area contributed by atoms with Crippen molar-refractivity contribution in [1.29, 1.82) is 0 Å². The first-order valence-corrected chi connectivity index (χ1v) is 3.63. The van der Waals surface area contributed by atoms with Crippen LogP contribution in [0.2, 0.25) is 0 Å². The van der Waals surface area contributed by atoms with E-state index in [0.717, 1.165) is 0 Å². The third kappa shape index (κ3) is 1.55. The minimum atomic E-state index is -0.363. The van der Waals surface area contributed by atoms with Crippen LogP contribution in [0.4, 0.5) is 0 Å². The van der Waals surface area contributed by atoms with Crippen molar-refractivity contribution in [2.45, 2.75) is 5.78 Å². The molecule has 2 N–H and O–H groups in total. The van der Waals surface area contributed by atoms with Gasteiger partial charge in [0.25, 0.3) is 0 Å². The molecule has 0 aliphatic carbocycles. The average Bonchev–Trinajstić information content (AvgIpc) is 2.37. The Balaban J connectivity index is 2.41. The minimum Gasteiger partial charge on any atom is -0.295 e. The van der Waals surface area contributed by atoms with Crippen molar-refractivity contribution >= 4 is 20.8 Å². The summed E-state index contributed by atoms with van der Waals surface area (Å²) in [5.74, 6) is -0.624. The van der Waals surface area contributed by atoms with E-state index in [2.05, 4.69) is 10.4 Å². The zero-order valence-electron chi connectivity index (χ0n) is 4.68. The molecule has 2 unspecified atom stereocenters. The van der Waals surface area contributed by atoms with Gasteiger partial charge in [-0.2, -0.15) is 0 Å². The highest BCUT2D eigenvalue weighted by molar-refractivity contribution is 7.38. The monoisotopic (exact) mass is 146 g/mol. The second-order valence-electron chi connectivity index (χ2n) is 1.66. The second kappa shape index (κ2) is 3.01. The van der Waals surface area contributed by atoms with Crippen LogP contribution in [0, 0.1) is 0 Å². The number of Topliss-reactive ketones (excluding diaryl/α,β-unsaturated/α-hetero) is 1. The zero-order valence-corrected chi connectivity index (χ0v) is 5.68. The topological polar surface area (TPSA) is 58.2 Å². The molecule has 0 aromatic carbocycles. The van der Waals surface area contributed by atoms with Crippen LogP contribution in [0.25, 0.3) is 0 Å². The van der Waals surface area contributed by atoms with Gasteiger partial charge < -0.3 is 0 Å². The molecule has 2 atom stereocenters. The number of aldehydes is 1. The molecule has 1 saturated heterocycles. The fourth-order valence-electron chi connectivity index (χ4n) is 0.597. The Morgan fingerprint density at radius 2 is 2.56 bits per heavy atom. The van der Waals surface area contributed by atoms with E-state index in [4.69, 9.17) is 0 Å². The van der Waals surface area contributed by atoms with Gasteiger partial charge in [-0.3, -0.25) is 20.0 Å². The molecule has 0 aromatic rings. The molecule has 4 nitrogen and oxygen atoms in total. The van der Waals surface area contributed by atoms with Gasteiger partial charge in [0.05, 0.1) is 0 Å². The summed E-state index contributed by atoms with van der Waals surface area (Å²) in [5, 5.41) is 5.75. The van der Waals surface area contributed by atoms with E-state index < -0.39 is 0 Å². The highest BCUT2D eigenvalue weighted by Crippen LogP contribution is 2.15. The maximum Gasteiger partial charge on any atom is 0.217 e. The Bertz CT molecular complexity index is 133. The summed E-state index contributed by atoms with van der Waals surface area (Å²) in [7, 11) is 0.345. The van der Waals surface area contributed by atoms with E-state index >= 15 is 0 Å². The number of hydrogen-bond donors (Lipinski definition) is 2. The normalized spacial score (nSPS) is 28.7. The van der Waals surface area contributed by atoms with Crippen molar-refractivity contribution in [3.8, 4) is 0 Å². The molecule has 1 aliphatic heterocycles. The lowest BCUT2D eigenvalue weighted by Gasteiger charge is -1.98. The zero-order chi connectivity index (χ0) is 6.69. The molecule has 1 heterocycles. The lowest BCUT2D eigenvalue weighted by atomic mass is 10.4. The summed E-state index contributed by atoms with van der Waals surface area (Å²) in [6, 6.07) is 0. The van der Waals surface area contributed by atoms with Crippen LogP contribution < -0.4 is 10.4 Å². The van der Waals surface area contributed by atoms with Gasteiger partial charge in [-0.25, -0.2) is 0 Å². The Kier molecular flexibility index (Phi) is 2.28. The number of carbonyl (C=O) groups excluding carboxylic acids is 2. The molecule has 0 amide bonds. The Labute approximate surface area is 54.2 Å². The summed E-state index contributed by atoms with van der Waals surface area (Å²) in [6.07, 6.45) is 0.359. The third-order valence-corrected chi connectivity index (χ3v) is 2.20. The maximum atomic E-state index is 10.6. The predicted molar refractivity (Wildman–Crippen MR) is 34.3 cm³/mol. The van der Waals surface area contributed by atoms with Crippen LogP contribution in [0.3, 0.4) is 0 Å². The lowest BCUT2D eigenvalue weighted by Crippen LogP contribution is -2.29. The first-order chi connectivity index (χ1) is 4.34. The van der Waals surface area contributed by atoms with Gasteiger partial charge in [0, 0.05) is 6.67 Å². The van der Waals surface area contributed by atoms with E-state index in [9.17, 15) is 9.59 Å². The molecule has 5 heteroatoms. The van der Waals surface area contributed by atoms with E-state index in [1.165, 1.54) is 0 Å². The molecular weight excluding hydrogens is 139 g/mol. The summed E-state index contributed by atoms with van der Waals surface area (Å²) in [5.41, 5.74) is 0. The Hall–Kier alpha value is -0.310. The van der Waals surface area contributed by atoms with Crippen molar-refractivity contribution in [3.63, 3.8) is 0 Å². The van der Waals surface area contributed by atoms with E-state index in [0.29, 0.717) is 21.7 Å². The van der Waals surface area contributed by atoms with Crippen LogP contribution >= 0.6 is 8.73 Å². The fraction of sp³-hybridized carbons (Fsp3) is 0.500. The molecule has 9 heavy (non-hydrogen) atoms. The van der Waals surface area contributed by atoms with Crippen molar-refractivity contribution in [2.24, 2.45) is 0 Å². The largest absolute Gasteiger partial charge is 0.295 e. The Morgan fingerprint density at radius 1 is 1.78 bits per heavy atom. The number of nitrogens with one attached hydrogen (secondary N) is 2. The summed E-state index contributed by atoms with van der Waals surface area (Å²) < 4.78 is 0. The molecule has 0 radical (unpaired) electrons. The van der Waals surface area contributed by atoms with Crippen molar-refractivity contribution in [1.82, 2.24) is 10.4 Å². The second-order valence-corrected chi connectivity index (χ2v) is 2.87. The molecule has 0 saturated carbocycles. The SMILES string of the molecule is O=CC(=O)C1NCNP1. The molecule has 0 spiro atoms. The quantitative estimate of drug-likeness (QED) is 0.292. The fourth-order valence-corrected chi connectivity index (χ4v) is 1.42. The van der Waals surface area contributed by atoms with Gasteiger partial charge in [0.15, 0.2) is 6.29 Å². The Morgan fingerprint density at radius 3 is 3.00 bits per heavy atom. The van der Waals surface area contributed by atoms with Crippen LogP contribution in [-0.4, -0.2) is 24.5 Å². The molecule has 1 rings (SSSR count). The van der Waals surface area contributed by atoms with Gasteiger partial charge >= 0.3 is 0 Å². The van der Waals surface area contributed by atoms with Gasteiger partial charge in [-0.1, -0.05) is 0 Å². The number of rotatable bonds is 2. The molecule has 1 aliphatic rings. The van der Waals surface area contributed by atoms with Crippen LogP contribution in [-0.2, 0) is 9.59 Å². The van der Waals surface area contributed by atoms with Crippen LogP contribution in [0.15, 0.2) is 0 Å². The highest BCUT2D eigenvalue weighted by atomic mass is 31.1. The summed E-state index contributed by atoms with van der Waals surface area (Å²) in [6.45, 7) is 0.628. The van der Waals surface area contributed by atoms with Crippen molar-refractivity contribution in [3.05, 3.63) is 0 Å². The number of ketones is 1. The maximum absolute atomic E-state index is 10.6. The van der Waals surface area contributed by atoms with Gasteiger partial charge in [0.2, 0.25) is 5.78 Å². The molecular formula is C4H7N2O2P. The first-order valence-electron chi connectivity index (χ1n) is 2.55. The smallest absolute Gasteiger partial charge is 0.217 e. The van der Waals surface area contributed by atoms with Crippen LogP contribution in [0.5, 0.6) is 0 Å². The van der Waals surface area contributed by atoms with Gasteiger partial charge in [-0.15, -0.1) is 0 Å². The third-order valence-electron chi connectivity index (χ3n) is 1.04. The van der Waals surface area contributed by atoms with Crippen molar-refractivity contribution in [2.75, 3.05) is 6.67 Å². The predicted octanol–water partition coefficient (Wildman–Crippen LogP) is -1.18. The lowest BCUT2D eigenvalue weighted by molar-refractivity contribution is -0.129. The van der Waals surface area contributed by atoms with E-state index in [-0.39, 0.29) is 11.6 Å². The van der Waals surface area contributed by atoms with Crippen LogP contribution in [0.1, 0.15) is 0 Å². The van der Waals surface area contributed by atoms with E-state index in [1.807, 2.05) is 0 Å².